The van der Waals surface area contributed by atoms with E-state index >= 15 is 0 Å². The van der Waals surface area contributed by atoms with Gasteiger partial charge in [-0.05, 0) is 5.56 Å². The molecule has 132 valence electrons. The Bertz CT molecular complexity index is 504. The molecule has 1 unspecified atom stereocenters. The summed E-state index contributed by atoms with van der Waals surface area (Å²) in [5.41, 5.74) is 1.09. The third-order valence-corrected chi connectivity index (χ3v) is 3.71. The maximum atomic E-state index is 11.0. The van der Waals surface area contributed by atoms with Gasteiger partial charge in [0, 0.05) is 26.7 Å². The second kappa shape index (κ2) is 9.39. The third-order valence-electron chi connectivity index (χ3n) is 3.71. The lowest BCUT2D eigenvalue weighted by molar-refractivity contribution is -0.171. The van der Waals surface area contributed by atoms with Crippen LogP contribution in [0.25, 0.3) is 0 Å². The minimum atomic E-state index is -0.345. The molecule has 1 aliphatic heterocycles. The van der Waals surface area contributed by atoms with E-state index < -0.39 is 0 Å². The van der Waals surface area contributed by atoms with Crippen molar-refractivity contribution < 1.29 is 28.5 Å². The molecule has 2 rings (SSSR count). The summed E-state index contributed by atoms with van der Waals surface area (Å²) in [5.74, 6) is -0.690. The second-order valence-corrected chi connectivity index (χ2v) is 5.88. The Morgan fingerprint density at radius 1 is 1.00 bits per heavy atom. The molecule has 0 bridgehead atoms. The molecule has 0 amide bonds. The normalized spacial score (nSPS) is 23.5. The molecular weight excluding hydrogens is 312 g/mol. The van der Waals surface area contributed by atoms with Gasteiger partial charge in [-0.3, -0.25) is 9.59 Å². The summed E-state index contributed by atoms with van der Waals surface area (Å²) in [6, 6.07) is 9.91. The second-order valence-electron chi connectivity index (χ2n) is 5.88. The van der Waals surface area contributed by atoms with E-state index in [1.807, 2.05) is 30.3 Å². The first-order valence-corrected chi connectivity index (χ1v) is 8.10. The minimum absolute atomic E-state index is 0.0416. The van der Waals surface area contributed by atoms with E-state index in [0.29, 0.717) is 19.4 Å². The number of hydrogen-bond acceptors (Lipinski definition) is 6. The zero-order chi connectivity index (χ0) is 17.4. The smallest absolute Gasteiger partial charge is 0.302 e. The van der Waals surface area contributed by atoms with E-state index in [2.05, 4.69) is 0 Å². The van der Waals surface area contributed by atoms with Crippen LogP contribution in [0.1, 0.15) is 32.3 Å². The molecule has 0 saturated carbocycles. The fraction of sp³-hybridized carbons (Fsp3) is 0.556. The van der Waals surface area contributed by atoms with Crippen LogP contribution in [0.15, 0.2) is 30.3 Å². The molecule has 1 aromatic rings. The number of carbonyl (C=O) groups excluding carboxylic acids is 2. The van der Waals surface area contributed by atoms with E-state index in [0.717, 1.165) is 5.56 Å². The lowest BCUT2D eigenvalue weighted by atomic mass is 10.0. The fourth-order valence-corrected chi connectivity index (χ4v) is 2.63. The first-order chi connectivity index (χ1) is 11.5. The van der Waals surface area contributed by atoms with Crippen molar-refractivity contribution in [1.82, 2.24) is 0 Å². The molecule has 6 heteroatoms. The Morgan fingerprint density at radius 2 is 1.54 bits per heavy atom. The van der Waals surface area contributed by atoms with Crippen LogP contribution in [0.2, 0.25) is 0 Å². The average Bonchev–Trinajstić information content (AvgIpc) is 2.57. The maximum Gasteiger partial charge on any atom is 0.302 e. The summed E-state index contributed by atoms with van der Waals surface area (Å²) < 4.78 is 21.9. The monoisotopic (exact) mass is 336 g/mol. The molecule has 1 heterocycles. The average molecular weight is 336 g/mol. The first-order valence-electron chi connectivity index (χ1n) is 8.10. The Kier molecular flexibility index (Phi) is 7.21. The highest BCUT2D eigenvalue weighted by atomic mass is 16.6. The van der Waals surface area contributed by atoms with Crippen LogP contribution in [0.3, 0.4) is 0 Å². The molecule has 6 nitrogen and oxygen atoms in total. The van der Waals surface area contributed by atoms with Crippen molar-refractivity contribution in [3.63, 3.8) is 0 Å². The summed E-state index contributed by atoms with van der Waals surface area (Å²) >= 11 is 0. The molecule has 0 radical (unpaired) electrons. The van der Waals surface area contributed by atoms with Gasteiger partial charge in [-0.15, -0.1) is 0 Å². The zero-order valence-electron chi connectivity index (χ0n) is 14.1. The van der Waals surface area contributed by atoms with Gasteiger partial charge in [-0.1, -0.05) is 30.3 Å². The molecule has 1 fully saturated rings. The summed E-state index contributed by atoms with van der Waals surface area (Å²) in [7, 11) is 0. The topological polar surface area (TPSA) is 71.1 Å². The minimum Gasteiger partial charge on any atom is -0.463 e. The van der Waals surface area contributed by atoms with Crippen LogP contribution in [0.5, 0.6) is 0 Å². The molecule has 0 aliphatic carbocycles. The van der Waals surface area contributed by atoms with Crippen molar-refractivity contribution >= 4 is 11.9 Å². The van der Waals surface area contributed by atoms with Gasteiger partial charge in [0.15, 0.2) is 0 Å². The van der Waals surface area contributed by atoms with Gasteiger partial charge < -0.3 is 18.9 Å². The predicted octanol–water partition coefficient (Wildman–Crippen LogP) is 2.25. The Balaban J connectivity index is 1.89. The predicted molar refractivity (Wildman–Crippen MR) is 86.2 cm³/mol. The zero-order valence-corrected chi connectivity index (χ0v) is 14.1. The first kappa shape index (κ1) is 18.4. The number of rotatable bonds is 7. The number of ether oxygens (including phenoxy) is 4. The number of esters is 2. The van der Waals surface area contributed by atoms with Crippen molar-refractivity contribution in [2.75, 3.05) is 13.2 Å². The quantitative estimate of drug-likeness (QED) is 0.711. The van der Waals surface area contributed by atoms with Gasteiger partial charge in [0.2, 0.25) is 0 Å². The van der Waals surface area contributed by atoms with Crippen LogP contribution in [0, 0.1) is 0 Å². The van der Waals surface area contributed by atoms with E-state index in [-0.39, 0.29) is 43.5 Å². The van der Waals surface area contributed by atoms with Crippen LogP contribution >= 0.6 is 0 Å². The molecule has 0 N–H and O–H groups in total. The molecule has 24 heavy (non-hydrogen) atoms. The van der Waals surface area contributed by atoms with E-state index in [9.17, 15) is 9.59 Å². The molecule has 0 spiro atoms. The Hall–Kier alpha value is -1.92. The van der Waals surface area contributed by atoms with Crippen LogP contribution < -0.4 is 0 Å². The molecule has 1 aromatic carbocycles. The number of hydrogen-bond donors (Lipinski definition) is 0. The lowest BCUT2D eigenvalue weighted by Crippen LogP contribution is -2.41. The Morgan fingerprint density at radius 3 is 2.04 bits per heavy atom. The molecular formula is C18H24O6. The van der Waals surface area contributed by atoms with Crippen molar-refractivity contribution in [2.45, 2.75) is 51.6 Å². The summed E-state index contributed by atoms with van der Waals surface area (Å²) in [6.07, 6.45) is 0.709. The van der Waals surface area contributed by atoms with Crippen molar-refractivity contribution in [1.29, 1.82) is 0 Å². The maximum absolute atomic E-state index is 11.0. The van der Waals surface area contributed by atoms with Gasteiger partial charge in [-0.25, -0.2) is 0 Å². The van der Waals surface area contributed by atoms with E-state index in [1.165, 1.54) is 13.8 Å². The van der Waals surface area contributed by atoms with Crippen LogP contribution in [0.4, 0.5) is 0 Å². The molecule has 0 aromatic heterocycles. The fourth-order valence-electron chi connectivity index (χ4n) is 2.63. The third kappa shape index (κ3) is 6.68. The SMILES string of the molecule is CC(=O)OC[C@@H]1CC(OCc2ccccc2)C[C@H](COC(C)=O)O1. The summed E-state index contributed by atoms with van der Waals surface area (Å²) in [5, 5.41) is 0. The number of carbonyl (C=O) groups is 2. The van der Waals surface area contributed by atoms with Gasteiger partial charge >= 0.3 is 11.9 Å². The van der Waals surface area contributed by atoms with Gasteiger partial charge in [0.05, 0.1) is 24.9 Å². The van der Waals surface area contributed by atoms with Crippen LogP contribution in [-0.2, 0) is 35.1 Å². The van der Waals surface area contributed by atoms with E-state index in [4.69, 9.17) is 18.9 Å². The van der Waals surface area contributed by atoms with Gasteiger partial charge in [0.25, 0.3) is 0 Å². The highest BCUT2D eigenvalue weighted by Gasteiger charge is 2.31. The molecule has 1 saturated heterocycles. The van der Waals surface area contributed by atoms with Crippen LogP contribution in [-0.4, -0.2) is 43.5 Å². The summed E-state index contributed by atoms with van der Waals surface area (Å²) in [6.45, 7) is 3.59. The summed E-state index contributed by atoms with van der Waals surface area (Å²) in [4.78, 5) is 22.0. The number of benzene rings is 1. The Labute approximate surface area is 142 Å². The molecule has 1 aliphatic rings. The highest BCUT2D eigenvalue weighted by molar-refractivity contribution is 5.66. The largest absolute Gasteiger partial charge is 0.463 e. The highest BCUT2D eigenvalue weighted by Crippen LogP contribution is 2.24. The van der Waals surface area contributed by atoms with Crippen molar-refractivity contribution in [3.8, 4) is 0 Å². The van der Waals surface area contributed by atoms with E-state index in [1.54, 1.807) is 0 Å². The van der Waals surface area contributed by atoms with Gasteiger partial charge in [0.1, 0.15) is 13.2 Å². The standard InChI is InChI=1S/C18H24O6/c1-13(19)21-11-17-8-16(9-18(24-17)12-22-14(2)20)23-10-15-6-4-3-5-7-15/h3-7,16-18H,8-12H2,1-2H3/t16?,17-,18+. The van der Waals surface area contributed by atoms with Crippen molar-refractivity contribution in [3.05, 3.63) is 35.9 Å². The molecule has 3 atom stereocenters. The van der Waals surface area contributed by atoms with Crippen molar-refractivity contribution in [2.24, 2.45) is 0 Å². The lowest BCUT2D eigenvalue weighted by Gasteiger charge is -2.34. The van der Waals surface area contributed by atoms with Gasteiger partial charge in [-0.2, -0.15) is 0 Å².